The monoisotopic (exact) mass is 551 g/mol. The Labute approximate surface area is 229 Å². The molecule has 0 aliphatic rings. The molecule has 4 aromatic rings. The highest BCUT2D eigenvalue weighted by Gasteiger charge is 2.25. The minimum absolute atomic E-state index is 0.0224. The number of benzene rings is 3. The van der Waals surface area contributed by atoms with Gasteiger partial charge in [-0.2, -0.15) is 0 Å². The van der Waals surface area contributed by atoms with E-state index in [1.54, 1.807) is 26.4 Å². The van der Waals surface area contributed by atoms with E-state index in [4.69, 9.17) is 32.7 Å². The summed E-state index contributed by atoms with van der Waals surface area (Å²) in [6, 6.07) is 14.6. The van der Waals surface area contributed by atoms with Gasteiger partial charge < -0.3 is 19.9 Å². The summed E-state index contributed by atoms with van der Waals surface area (Å²) in [5.74, 6) is -0.607. The van der Waals surface area contributed by atoms with E-state index < -0.39 is 17.9 Å². The van der Waals surface area contributed by atoms with Gasteiger partial charge in [-0.3, -0.25) is 14.8 Å². The number of hydrogen-bond donors (Lipinski definition) is 2. The largest absolute Gasteiger partial charge is 0.496 e. The Kier molecular flexibility index (Phi) is 8.45. The van der Waals surface area contributed by atoms with Crippen molar-refractivity contribution >= 4 is 35.1 Å². The summed E-state index contributed by atoms with van der Waals surface area (Å²) in [5, 5.41) is 12.5. The summed E-state index contributed by atoms with van der Waals surface area (Å²) in [4.78, 5) is 33.2. The maximum absolute atomic E-state index is 13.0. The van der Waals surface area contributed by atoms with Crippen LogP contribution in [0.15, 0.2) is 73.2 Å². The summed E-state index contributed by atoms with van der Waals surface area (Å²) in [6.07, 6.45) is 4.63. The lowest BCUT2D eigenvalue weighted by Gasteiger charge is -2.17. The number of carbonyl (C=O) groups is 2. The maximum atomic E-state index is 13.0. The molecule has 0 saturated heterocycles. The fraction of sp³-hybridized carbons (Fsp3) is 0.143. The van der Waals surface area contributed by atoms with Crippen molar-refractivity contribution in [3.63, 3.8) is 0 Å². The second-order valence-electron chi connectivity index (χ2n) is 8.21. The van der Waals surface area contributed by atoms with Gasteiger partial charge in [-0.25, -0.2) is 4.79 Å². The molecule has 0 fully saturated rings. The Balaban J connectivity index is 1.53. The Morgan fingerprint density at radius 1 is 0.947 bits per heavy atom. The molecule has 0 bridgehead atoms. The van der Waals surface area contributed by atoms with Crippen LogP contribution in [0, 0.1) is 0 Å². The molecule has 1 amide bonds. The van der Waals surface area contributed by atoms with Crippen LogP contribution in [0.2, 0.25) is 10.0 Å². The Hall–Kier alpha value is -4.14. The number of ether oxygens (including phenoxy) is 2. The van der Waals surface area contributed by atoms with E-state index in [1.165, 1.54) is 30.7 Å². The van der Waals surface area contributed by atoms with Crippen molar-refractivity contribution in [2.45, 2.75) is 12.5 Å². The van der Waals surface area contributed by atoms with Gasteiger partial charge in [0, 0.05) is 24.4 Å². The molecule has 0 radical (unpaired) electrons. The third-order valence-electron chi connectivity index (χ3n) is 5.84. The zero-order valence-electron chi connectivity index (χ0n) is 20.4. The first-order chi connectivity index (χ1) is 18.3. The van der Waals surface area contributed by atoms with Gasteiger partial charge in [0.2, 0.25) is 0 Å². The molecular weight excluding hydrogens is 529 g/mol. The van der Waals surface area contributed by atoms with Gasteiger partial charge in [-0.05, 0) is 35.4 Å². The van der Waals surface area contributed by atoms with Crippen LogP contribution >= 0.6 is 23.2 Å². The maximum Gasteiger partial charge on any atom is 0.326 e. The number of amides is 1. The van der Waals surface area contributed by atoms with Gasteiger partial charge >= 0.3 is 5.97 Å². The number of nitrogens with zero attached hydrogens (tertiary/aromatic N) is 2. The van der Waals surface area contributed by atoms with Crippen LogP contribution < -0.4 is 14.8 Å². The Morgan fingerprint density at radius 3 is 2.11 bits per heavy atom. The van der Waals surface area contributed by atoms with E-state index in [0.29, 0.717) is 28.3 Å². The second kappa shape index (κ2) is 11.9. The van der Waals surface area contributed by atoms with Crippen molar-refractivity contribution in [1.29, 1.82) is 0 Å². The molecule has 1 heterocycles. The van der Waals surface area contributed by atoms with E-state index in [0.717, 1.165) is 11.1 Å². The average molecular weight is 552 g/mol. The molecule has 4 rings (SSSR count). The Morgan fingerprint density at radius 2 is 1.58 bits per heavy atom. The van der Waals surface area contributed by atoms with Crippen molar-refractivity contribution in [2.75, 3.05) is 14.2 Å². The molecule has 2 N–H and O–H groups in total. The SMILES string of the molecule is COc1cccc(OC)c1-c1ccc(C[C@H](NC(=O)c2c(Cl)cc(-c3cnccn3)cc2Cl)C(=O)O)cc1. The predicted octanol–water partition coefficient (Wildman–Crippen LogP) is 5.56. The number of carboxylic acid groups (broad SMARTS) is 1. The van der Waals surface area contributed by atoms with Crippen molar-refractivity contribution in [3.8, 4) is 33.9 Å². The summed E-state index contributed by atoms with van der Waals surface area (Å²) in [7, 11) is 3.16. The molecule has 194 valence electrons. The quantitative estimate of drug-likeness (QED) is 0.280. The molecule has 1 atom stereocenters. The van der Waals surface area contributed by atoms with Gasteiger partial charge in [0.15, 0.2) is 0 Å². The fourth-order valence-electron chi connectivity index (χ4n) is 4.00. The number of nitrogens with one attached hydrogen (secondary N) is 1. The van der Waals surface area contributed by atoms with Crippen LogP contribution in [0.3, 0.4) is 0 Å². The highest BCUT2D eigenvalue weighted by Crippen LogP contribution is 2.38. The molecule has 8 nitrogen and oxygen atoms in total. The molecule has 0 aliphatic heterocycles. The van der Waals surface area contributed by atoms with E-state index in [2.05, 4.69) is 15.3 Å². The fourth-order valence-corrected chi connectivity index (χ4v) is 4.65. The minimum Gasteiger partial charge on any atom is -0.496 e. The van der Waals surface area contributed by atoms with E-state index in [1.807, 2.05) is 30.3 Å². The highest BCUT2D eigenvalue weighted by molar-refractivity contribution is 6.40. The van der Waals surface area contributed by atoms with Crippen LogP contribution in [0.25, 0.3) is 22.4 Å². The average Bonchev–Trinajstić information content (AvgIpc) is 2.92. The van der Waals surface area contributed by atoms with Crippen molar-refractivity contribution < 1.29 is 24.2 Å². The number of carbonyl (C=O) groups excluding carboxylic acids is 1. The zero-order valence-corrected chi connectivity index (χ0v) is 22.0. The van der Waals surface area contributed by atoms with Crippen LogP contribution in [0.1, 0.15) is 15.9 Å². The molecular formula is C28H23Cl2N3O5. The standard InChI is InChI=1S/C28H23Cl2N3O5/c1-37-23-4-3-5-24(38-2)25(23)17-8-6-16(7-9-17)12-21(28(35)36)33-27(34)26-19(29)13-18(14-20(26)30)22-15-31-10-11-32-22/h3-11,13-15,21H,12H2,1-2H3,(H,33,34)(H,35,36)/t21-/m0/s1. The summed E-state index contributed by atoms with van der Waals surface area (Å²) < 4.78 is 10.9. The molecule has 10 heteroatoms. The molecule has 0 aliphatic carbocycles. The van der Waals surface area contributed by atoms with Gasteiger partial charge in [0.1, 0.15) is 17.5 Å². The number of carboxylic acids is 1. The lowest BCUT2D eigenvalue weighted by molar-refractivity contribution is -0.139. The van der Waals surface area contributed by atoms with Gasteiger partial charge in [0.05, 0.1) is 47.3 Å². The molecule has 1 aromatic heterocycles. The van der Waals surface area contributed by atoms with Crippen LogP contribution in [0.4, 0.5) is 0 Å². The number of aromatic nitrogens is 2. The number of hydrogen-bond acceptors (Lipinski definition) is 6. The predicted molar refractivity (Wildman–Crippen MR) is 145 cm³/mol. The first kappa shape index (κ1) is 26.9. The van der Waals surface area contributed by atoms with E-state index in [9.17, 15) is 14.7 Å². The summed E-state index contributed by atoms with van der Waals surface area (Å²) >= 11 is 12.7. The second-order valence-corrected chi connectivity index (χ2v) is 9.02. The van der Waals surface area contributed by atoms with Crippen LogP contribution in [-0.4, -0.2) is 47.2 Å². The van der Waals surface area contributed by atoms with Crippen LogP contribution in [-0.2, 0) is 11.2 Å². The minimum atomic E-state index is -1.22. The lowest BCUT2D eigenvalue weighted by atomic mass is 9.99. The normalized spacial score (nSPS) is 11.5. The summed E-state index contributed by atoms with van der Waals surface area (Å²) in [6.45, 7) is 0. The molecule has 3 aromatic carbocycles. The zero-order chi connectivity index (χ0) is 27.2. The van der Waals surface area contributed by atoms with E-state index in [-0.39, 0.29) is 22.0 Å². The van der Waals surface area contributed by atoms with E-state index >= 15 is 0 Å². The van der Waals surface area contributed by atoms with Gasteiger partial charge in [0.25, 0.3) is 5.91 Å². The molecule has 38 heavy (non-hydrogen) atoms. The smallest absolute Gasteiger partial charge is 0.326 e. The number of methoxy groups -OCH3 is 2. The Bertz CT molecular complexity index is 1420. The third-order valence-corrected chi connectivity index (χ3v) is 6.44. The first-order valence-corrected chi connectivity index (χ1v) is 12.2. The van der Waals surface area contributed by atoms with Crippen LogP contribution in [0.5, 0.6) is 11.5 Å². The first-order valence-electron chi connectivity index (χ1n) is 11.4. The summed E-state index contributed by atoms with van der Waals surface area (Å²) in [5.41, 5.74) is 3.39. The van der Waals surface area contributed by atoms with Crippen molar-refractivity contribution in [2.24, 2.45) is 0 Å². The van der Waals surface area contributed by atoms with Crippen molar-refractivity contribution in [3.05, 3.63) is 94.4 Å². The molecule has 0 saturated carbocycles. The highest BCUT2D eigenvalue weighted by atomic mass is 35.5. The topological polar surface area (TPSA) is 111 Å². The molecule has 0 spiro atoms. The van der Waals surface area contributed by atoms with Crippen molar-refractivity contribution in [1.82, 2.24) is 15.3 Å². The number of halogens is 2. The third kappa shape index (κ3) is 5.88. The lowest BCUT2D eigenvalue weighted by Crippen LogP contribution is -2.42. The van der Waals surface area contributed by atoms with Gasteiger partial charge in [-0.15, -0.1) is 0 Å². The number of rotatable bonds is 9. The number of aliphatic carboxylic acids is 1. The van der Waals surface area contributed by atoms with Gasteiger partial charge in [-0.1, -0.05) is 53.5 Å². The molecule has 0 unspecified atom stereocenters.